The number of benzene rings is 1. The van der Waals surface area contributed by atoms with E-state index in [2.05, 4.69) is 11.9 Å². The summed E-state index contributed by atoms with van der Waals surface area (Å²) in [5.74, 6) is 1.66. The highest BCUT2D eigenvalue weighted by Gasteiger charge is 2.01. The Morgan fingerprint density at radius 3 is 2.47 bits per heavy atom. The minimum Gasteiger partial charge on any atom is -0.497 e. The van der Waals surface area contributed by atoms with Crippen molar-refractivity contribution in [2.24, 2.45) is 0 Å². The van der Waals surface area contributed by atoms with Crippen molar-refractivity contribution < 1.29 is 9.47 Å². The summed E-state index contributed by atoms with van der Waals surface area (Å²) in [6.45, 7) is 2.62. The van der Waals surface area contributed by atoms with E-state index in [-0.39, 0.29) is 0 Å². The van der Waals surface area contributed by atoms with E-state index in [1.54, 1.807) is 18.4 Å². The Labute approximate surface area is 105 Å². The average molecular weight is 249 g/mol. The minimum atomic E-state index is 0.517. The second-order valence-electron chi connectivity index (χ2n) is 3.55. The highest BCUT2D eigenvalue weighted by Crippen LogP contribution is 2.18. The van der Waals surface area contributed by atoms with Gasteiger partial charge < -0.3 is 9.47 Å². The van der Waals surface area contributed by atoms with Crippen molar-refractivity contribution in [3.8, 4) is 11.5 Å². The fourth-order valence-corrected chi connectivity index (χ4v) is 2.14. The van der Waals surface area contributed by atoms with Crippen LogP contribution in [-0.2, 0) is 13.0 Å². The van der Waals surface area contributed by atoms with Crippen LogP contribution in [0.25, 0.3) is 0 Å². The van der Waals surface area contributed by atoms with E-state index < -0.39 is 0 Å². The van der Waals surface area contributed by atoms with E-state index in [4.69, 9.17) is 9.47 Å². The monoisotopic (exact) mass is 249 g/mol. The van der Waals surface area contributed by atoms with Gasteiger partial charge in [0.05, 0.1) is 17.8 Å². The maximum Gasteiger partial charge on any atom is 0.131 e. The van der Waals surface area contributed by atoms with Crippen LogP contribution in [0.4, 0.5) is 0 Å². The van der Waals surface area contributed by atoms with Gasteiger partial charge in [0.25, 0.3) is 0 Å². The van der Waals surface area contributed by atoms with E-state index in [1.807, 2.05) is 29.6 Å². The van der Waals surface area contributed by atoms with E-state index >= 15 is 0 Å². The zero-order chi connectivity index (χ0) is 12.1. The number of rotatable bonds is 5. The van der Waals surface area contributed by atoms with Crippen molar-refractivity contribution >= 4 is 11.3 Å². The molecule has 1 heterocycles. The van der Waals surface area contributed by atoms with E-state index in [9.17, 15) is 0 Å². The quantitative estimate of drug-likeness (QED) is 0.814. The van der Waals surface area contributed by atoms with Crippen LogP contribution in [0.15, 0.2) is 29.6 Å². The number of aryl methyl sites for hydroxylation is 1. The topological polar surface area (TPSA) is 31.4 Å². The molecule has 0 fully saturated rings. The van der Waals surface area contributed by atoms with E-state index in [0.717, 1.165) is 28.6 Å². The lowest BCUT2D eigenvalue weighted by Gasteiger charge is -2.05. The third-order valence-corrected chi connectivity index (χ3v) is 3.39. The highest BCUT2D eigenvalue weighted by molar-refractivity contribution is 7.09. The number of hydrogen-bond acceptors (Lipinski definition) is 4. The molecule has 1 aromatic heterocycles. The molecule has 0 bridgehead atoms. The summed E-state index contributed by atoms with van der Waals surface area (Å²) in [4.78, 5) is 4.45. The molecule has 2 rings (SSSR count). The average Bonchev–Trinajstić information content (AvgIpc) is 2.85. The van der Waals surface area contributed by atoms with Gasteiger partial charge in [0.15, 0.2) is 0 Å². The second kappa shape index (κ2) is 5.68. The fraction of sp³-hybridized carbons (Fsp3) is 0.308. The van der Waals surface area contributed by atoms with Gasteiger partial charge in [-0.05, 0) is 30.7 Å². The molecule has 0 radical (unpaired) electrons. The third kappa shape index (κ3) is 3.20. The van der Waals surface area contributed by atoms with Crippen LogP contribution >= 0.6 is 11.3 Å². The van der Waals surface area contributed by atoms with Gasteiger partial charge in [0.2, 0.25) is 0 Å². The molecule has 0 spiro atoms. The van der Waals surface area contributed by atoms with Gasteiger partial charge in [-0.1, -0.05) is 6.92 Å². The van der Waals surface area contributed by atoms with Crippen molar-refractivity contribution in [2.45, 2.75) is 20.0 Å². The molecule has 0 aliphatic carbocycles. The van der Waals surface area contributed by atoms with Crippen LogP contribution in [0.3, 0.4) is 0 Å². The first-order chi connectivity index (χ1) is 8.31. The molecule has 0 saturated carbocycles. The SMILES string of the molecule is CCc1nc(COc2ccc(OC)cc2)cs1. The van der Waals surface area contributed by atoms with Crippen molar-refractivity contribution in [2.75, 3.05) is 7.11 Å². The molecule has 4 heteroatoms. The highest BCUT2D eigenvalue weighted by atomic mass is 32.1. The van der Waals surface area contributed by atoms with Crippen LogP contribution in [0.2, 0.25) is 0 Å². The Morgan fingerprint density at radius 2 is 1.88 bits per heavy atom. The summed E-state index contributed by atoms with van der Waals surface area (Å²) >= 11 is 1.68. The largest absolute Gasteiger partial charge is 0.497 e. The number of aromatic nitrogens is 1. The van der Waals surface area contributed by atoms with Gasteiger partial charge in [-0.2, -0.15) is 0 Å². The third-order valence-electron chi connectivity index (χ3n) is 2.35. The Balaban J connectivity index is 1.92. The first kappa shape index (κ1) is 11.9. The van der Waals surface area contributed by atoms with Crippen LogP contribution in [0, 0.1) is 0 Å². The number of hydrogen-bond donors (Lipinski definition) is 0. The van der Waals surface area contributed by atoms with Crippen LogP contribution < -0.4 is 9.47 Å². The van der Waals surface area contributed by atoms with Crippen molar-refractivity contribution in [1.82, 2.24) is 4.98 Å². The first-order valence-corrected chi connectivity index (χ1v) is 6.40. The molecule has 2 aromatic rings. The molecule has 17 heavy (non-hydrogen) atoms. The van der Waals surface area contributed by atoms with Gasteiger partial charge in [0, 0.05) is 5.38 Å². The van der Waals surface area contributed by atoms with Crippen molar-refractivity contribution in [1.29, 1.82) is 0 Å². The summed E-state index contributed by atoms with van der Waals surface area (Å²) in [5, 5.41) is 3.20. The first-order valence-electron chi connectivity index (χ1n) is 5.52. The second-order valence-corrected chi connectivity index (χ2v) is 4.49. The predicted octanol–water partition coefficient (Wildman–Crippen LogP) is 3.29. The molecule has 90 valence electrons. The molecule has 0 amide bonds. The van der Waals surface area contributed by atoms with Crippen LogP contribution in [0.5, 0.6) is 11.5 Å². The lowest BCUT2D eigenvalue weighted by molar-refractivity contribution is 0.301. The summed E-state index contributed by atoms with van der Waals surface area (Å²) in [6.07, 6.45) is 0.979. The molecule has 0 aliphatic heterocycles. The van der Waals surface area contributed by atoms with Crippen molar-refractivity contribution in [3.63, 3.8) is 0 Å². The minimum absolute atomic E-state index is 0.517. The molecule has 0 unspecified atom stereocenters. The molecule has 0 saturated heterocycles. The van der Waals surface area contributed by atoms with Gasteiger partial charge in [0.1, 0.15) is 18.1 Å². The molecular formula is C13H15NO2S. The predicted molar refractivity (Wildman–Crippen MR) is 68.8 cm³/mol. The standard InChI is InChI=1S/C13H15NO2S/c1-3-13-14-10(9-17-13)8-16-12-6-4-11(15-2)5-7-12/h4-7,9H,3,8H2,1-2H3. The maximum absolute atomic E-state index is 5.64. The fourth-order valence-electron chi connectivity index (χ4n) is 1.41. The number of methoxy groups -OCH3 is 1. The van der Waals surface area contributed by atoms with E-state index in [0.29, 0.717) is 6.61 Å². The van der Waals surface area contributed by atoms with Gasteiger partial charge in [-0.3, -0.25) is 0 Å². The molecule has 0 aliphatic rings. The number of thiazole rings is 1. The Kier molecular flexibility index (Phi) is 3.98. The molecule has 0 N–H and O–H groups in total. The summed E-state index contributed by atoms with van der Waals surface area (Å²) < 4.78 is 10.7. The number of nitrogens with zero attached hydrogens (tertiary/aromatic N) is 1. The van der Waals surface area contributed by atoms with Crippen LogP contribution in [-0.4, -0.2) is 12.1 Å². The lowest BCUT2D eigenvalue weighted by Crippen LogP contribution is -1.96. The van der Waals surface area contributed by atoms with Crippen molar-refractivity contribution in [3.05, 3.63) is 40.3 Å². The smallest absolute Gasteiger partial charge is 0.131 e. The molecule has 0 atom stereocenters. The molecule has 3 nitrogen and oxygen atoms in total. The molecular weight excluding hydrogens is 234 g/mol. The lowest BCUT2D eigenvalue weighted by atomic mass is 10.3. The van der Waals surface area contributed by atoms with Gasteiger partial charge >= 0.3 is 0 Å². The maximum atomic E-state index is 5.64. The Bertz CT molecular complexity index is 465. The Morgan fingerprint density at radius 1 is 1.18 bits per heavy atom. The molecule has 1 aromatic carbocycles. The summed E-state index contributed by atoms with van der Waals surface area (Å²) in [6, 6.07) is 7.56. The normalized spacial score (nSPS) is 10.2. The van der Waals surface area contributed by atoms with Gasteiger partial charge in [-0.25, -0.2) is 4.98 Å². The zero-order valence-electron chi connectivity index (χ0n) is 9.97. The van der Waals surface area contributed by atoms with Crippen LogP contribution in [0.1, 0.15) is 17.6 Å². The summed E-state index contributed by atoms with van der Waals surface area (Å²) in [5.41, 5.74) is 0.989. The Hall–Kier alpha value is -1.55. The number of ether oxygens (including phenoxy) is 2. The zero-order valence-corrected chi connectivity index (χ0v) is 10.8. The van der Waals surface area contributed by atoms with E-state index in [1.165, 1.54) is 0 Å². The van der Waals surface area contributed by atoms with Gasteiger partial charge in [-0.15, -0.1) is 11.3 Å². The summed E-state index contributed by atoms with van der Waals surface area (Å²) in [7, 11) is 1.65.